The summed E-state index contributed by atoms with van der Waals surface area (Å²) in [7, 11) is 0. The molecule has 0 heterocycles. The van der Waals surface area contributed by atoms with Gasteiger partial charge in [0.25, 0.3) is 0 Å². The van der Waals surface area contributed by atoms with Crippen LogP contribution in [-0.4, -0.2) is 18.6 Å². The van der Waals surface area contributed by atoms with Crippen LogP contribution in [0.2, 0.25) is 0 Å². The predicted octanol–water partition coefficient (Wildman–Crippen LogP) is 2.49. The van der Waals surface area contributed by atoms with E-state index in [1.807, 2.05) is 0 Å². The monoisotopic (exact) mass is 223 g/mol. The third-order valence-corrected chi connectivity index (χ3v) is 2.95. The summed E-state index contributed by atoms with van der Waals surface area (Å²) in [4.78, 5) is 10.6. The molecule has 1 aliphatic carbocycles. The molecule has 15 heavy (non-hydrogen) atoms. The highest BCUT2D eigenvalue weighted by Crippen LogP contribution is 2.39. The molecule has 1 fully saturated rings. The van der Waals surface area contributed by atoms with E-state index in [0.29, 0.717) is 19.4 Å². The van der Waals surface area contributed by atoms with E-state index in [1.54, 1.807) is 0 Å². The van der Waals surface area contributed by atoms with Gasteiger partial charge in [0.2, 0.25) is 5.91 Å². The second-order valence-corrected chi connectivity index (χ2v) is 4.20. The molecular weight excluding hydrogens is 207 g/mol. The lowest BCUT2D eigenvalue weighted by Gasteiger charge is -2.29. The molecule has 1 N–H and O–H groups in total. The van der Waals surface area contributed by atoms with Crippen molar-refractivity contribution in [2.75, 3.05) is 6.54 Å². The van der Waals surface area contributed by atoms with E-state index in [2.05, 4.69) is 5.32 Å². The summed E-state index contributed by atoms with van der Waals surface area (Å²) in [6, 6.07) is 0. The van der Waals surface area contributed by atoms with Crippen molar-refractivity contribution in [3.8, 4) is 0 Å². The van der Waals surface area contributed by atoms with Crippen molar-refractivity contribution in [1.82, 2.24) is 5.32 Å². The average molecular weight is 223 g/mol. The molecule has 1 rings (SSSR count). The molecule has 0 aromatic heterocycles. The molecule has 0 aromatic carbocycles. The van der Waals surface area contributed by atoms with E-state index in [1.165, 1.54) is 6.92 Å². The summed E-state index contributed by atoms with van der Waals surface area (Å²) in [5.74, 6) is -1.04. The van der Waals surface area contributed by atoms with Gasteiger partial charge in [-0.05, 0) is 31.6 Å². The molecule has 0 saturated heterocycles. The summed E-state index contributed by atoms with van der Waals surface area (Å²) in [6.45, 7) is 1.93. The minimum atomic E-state index is -4.04. The first-order valence-corrected chi connectivity index (χ1v) is 5.20. The maximum Gasteiger partial charge on any atom is 0.391 e. The number of carbonyl (C=O) groups is 1. The van der Waals surface area contributed by atoms with Gasteiger partial charge in [-0.3, -0.25) is 4.79 Å². The van der Waals surface area contributed by atoms with Gasteiger partial charge in [-0.1, -0.05) is 0 Å². The van der Waals surface area contributed by atoms with Gasteiger partial charge in [-0.25, -0.2) is 0 Å². The standard InChI is InChI=1S/C10H16F3NO/c1-7(15)14-6-8-2-4-9(5-3-8)10(11,12)13/h8-9H,2-6H2,1H3,(H,14,15). The minimum absolute atomic E-state index is 0.118. The Labute approximate surface area is 87.2 Å². The highest BCUT2D eigenvalue weighted by molar-refractivity contribution is 5.72. The SMILES string of the molecule is CC(=O)NCC1CCC(C(F)(F)F)CC1. The number of carbonyl (C=O) groups excluding carboxylic acids is 1. The molecule has 0 aromatic rings. The molecular formula is C10H16F3NO. The van der Waals surface area contributed by atoms with Crippen molar-refractivity contribution >= 4 is 5.91 Å². The van der Waals surface area contributed by atoms with Crippen LogP contribution in [0.25, 0.3) is 0 Å². The number of hydrogen-bond acceptors (Lipinski definition) is 1. The molecule has 0 atom stereocenters. The van der Waals surface area contributed by atoms with Gasteiger partial charge in [0.05, 0.1) is 5.92 Å². The lowest BCUT2D eigenvalue weighted by molar-refractivity contribution is -0.183. The Morgan fingerprint density at radius 2 is 1.80 bits per heavy atom. The highest BCUT2D eigenvalue weighted by Gasteiger charge is 2.41. The fraction of sp³-hybridized carbons (Fsp3) is 0.900. The smallest absolute Gasteiger partial charge is 0.356 e. The van der Waals surface area contributed by atoms with Crippen molar-refractivity contribution in [2.24, 2.45) is 11.8 Å². The minimum Gasteiger partial charge on any atom is -0.356 e. The van der Waals surface area contributed by atoms with Crippen molar-refractivity contribution < 1.29 is 18.0 Å². The van der Waals surface area contributed by atoms with Gasteiger partial charge in [0, 0.05) is 13.5 Å². The number of halogens is 3. The van der Waals surface area contributed by atoms with Crippen molar-refractivity contribution in [2.45, 2.75) is 38.8 Å². The fourth-order valence-electron chi connectivity index (χ4n) is 1.98. The molecule has 88 valence electrons. The van der Waals surface area contributed by atoms with Gasteiger partial charge >= 0.3 is 6.18 Å². The van der Waals surface area contributed by atoms with Crippen molar-refractivity contribution in [3.63, 3.8) is 0 Å². The lowest BCUT2D eigenvalue weighted by Crippen LogP contribution is -2.33. The first kappa shape index (κ1) is 12.3. The van der Waals surface area contributed by atoms with Crippen LogP contribution in [0.4, 0.5) is 13.2 Å². The second kappa shape index (κ2) is 4.86. The van der Waals surface area contributed by atoms with Crippen LogP contribution in [0.5, 0.6) is 0 Å². The predicted molar refractivity (Wildman–Crippen MR) is 50.2 cm³/mol. The highest BCUT2D eigenvalue weighted by atomic mass is 19.4. The van der Waals surface area contributed by atoms with Crippen LogP contribution < -0.4 is 5.32 Å². The number of nitrogens with one attached hydrogen (secondary N) is 1. The summed E-state index contributed by atoms with van der Waals surface area (Å²) in [5.41, 5.74) is 0. The van der Waals surface area contributed by atoms with Gasteiger partial charge in [-0.15, -0.1) is 0 Å². The van der Waals surface area contributed by atoms with Crippen LogP contribution >= 0.6 is 0 Å². The van der Waals surface area contributed by atoms with Crippen LogP contribution in [-0.2, 0) is 4.79 Å². The van der Waals surface area contributed by atoms with Gasteiger partial charge < -0.3 is 5.32 Å². The maximum atomic E-state index is 12.3. The molecule has 0 bridgehead atoms. The summed E-state index contributed by atoms with van der Waals surface area (Å²) in [5, 5.41) is 2.65. The molecule has 0 radical (unpaired) electrons. The average Bonchev–Trinajstić information content (AvgIpc) is 2.14. The molecule has 2 nitrogen and oxygen atoms in total. The van der Waals surface area contributed by atoms with Gasteiger partial charge in [0.1, 0.15) is 0 Å². The van der Waals surface area contributed by atoms with Gasteiger partial charge in [0.15, 0.2) is 0 Å². The summed E-state index contributed by atoms with van der Waals surface area (Å²) >= 11 is 0. The van der Waals surface area contributed by atoms with E-state index >= 15 is 0 Å². The largest absolute Gasteiger partial charge is 0.391 e. The molecule has 0 aliphatic heterocycles. The number of amides is 1. The zero-order valence-electron chi connectivity index (χ0n) is 8.73. The van der Waals surface area contributed by atoms with Crippen LogP contribution in [0.15, 0.2) is 0 Å². The Balaban J connectivity index is 2.27. The Morgan fingerprint density at radius 1 is 1.27 bits per heavy atom. The first-order valence-electron chi connectivity index (χ1n) is 5.20. The van der Waals surface area contributed by atoms with Crippen LogP contribution in [0, 0.1) is 11.8 Å². The van der Waals surface area contributed by atoms with E-state index in [-0.39, 0.29) is 24.7 Å². The Hall–Kier alpha value is -0.740. The quantitative estimate of drug-likeness (QED) is 0.765. The van der Waals surface area contributed by atoms with E-state index in [9.17, 15) is 18.0 Å². The normalized spacial score (nSPS) is 27.5. The fourth-order valence-corrected chi connectivity index (χ4v) is 1.98. The van der Waals surface area contributed by atoms with Crippen LogP contribution in [0.3, 0.4) is 0 Å². The van der Waals surface area contributed by atoms with Crippen molar-refractivity contribution in [3.05, 3.63) is 0 Å². The number of hydrogen-bond donors (Lipinski definition) is 1. The van der Waals surface area contributed by atoms with Crippen LogP contribution in [0.1, 0.15) is 32.6 Å². The number of rotatable bonds is 2. The molecule has 1 saturated carbocycles. The Morgan fingerprint density at radius 3 is 2.20 bits per heavy atom. The third-order valence-electron chi connectivity index (χ3n) is 2.95. The first-order chi connectivity index (χ1) is 6.89. The zero-order valence-corrected chi connectivity index (χ0v) is 8.73. The second-order valence-electron chi connectivity index (χ2n) is 4.20. The number of alkyl halides is 3. The molecule has 1 amide bonds. The lowest BCUT2D eigenvalue weighted by atomic mass is 9.81. The topological polar surface area (TPSA) is 29.1 Å². The van der Waals surface area contributed by atoms with Crippen molar-refractivity contribution in [1.29, 1.82) is 0 Å². The van der Waals surface area contributed by atoms with E-state index in [4.69, 9.17) is 0 Å². The van der Waals surface area contributed by atoms with Gasteiger partial charge in [-0.2, -0.15) is 13.2 Å². The maximum absolute atomic E-state index is 12.3. The van der Waals surface area contributed by atoms with E-state index in [0.717, 1.165) is 0 Å². The molecule has 5 heteroatoms. The Bertz CT molecular complexity index is 219. The zero-order chi connectivity index (χ0) is 11.5. The molecule has 0 spiro atoms. The van der Waals surface area contributed by atoms with E-state index < -0.39 is 12.1 Å². The molecule has 0 unspecified atom stereocenters. The summed E-state index contributed by atoms with van der Waals surface area (Å²) in [6.07, 6.45) is -2.52. The summed E-state index contributed by atoms with van der Waals surface area (Å²) < 4.78 is 36.9. The Kier molecular flexibility index (Phi) is 3.99. The molecule has 1 aliphatic rings. The third kappa shape index (κ3) is 4.10.